The van der Waals surface area contributed by atoms with Gasteiger partial charge < -0.3 is 24.2 Å². The highest BCUT2D eigenvalue weighted by atomic mass is 16.5. The maximum Gasteiger partial charge on any atom is 0.265 e. The molecule has 0 aliphatic carbocycles. The summed E-state index contributed by atoms with van der Waals surface area (Å²) < 4.78 is 11.0. The van der Waals surface area contributed by atoms with Crippen molar-refractivity contribution in [3.05, 3.63) is 48.5 Å². The fourth-order valence-electron chi connectivity index (χ4n) is 3.19. The summed E-state index contributed by atoms with van der Waals surface area (Å²) in [6.07, 6.45) is 0. The van der Waals surface area contributed by atoms with Gasteiger partial charge in [-0.25, -0.2) is 0 Å². The monoisotopic (exact) mass is 369 g/mol. The molecule has 0 aromatic heterocycles. The van der Waals surface area contributed by atoms with Gasteiger partial charge in [0, 0.05) is 26.2 Å². The molecule has 1 heterocycles. The molecule has 0 saturated carbocycles. The van der Waals surface area contributed by atoms with E-state index in [9.17, 15) is 4.79 Å². The fourth-order valence-corrected chi connectivity index (χ4v) is 3.19. The third kappa shape index (κ3) is 4.52. The average Bonchev–Trinajstić information content (AvgIpc) is 2.70. The fraction of sp³-hybridized carbons (Fsp3) is 0.381. The third-order valence-corrected chi connectivity index (χ3v) is 4.65. The minimum atomic E-state index is -0.0550. The molecule has 2 aromatic rings. The number of hydrogen-bond acceptors (Lipinski definition) is 5. The van der Waals surface area contributed by atoms with E-state index in [-0.39, 0.29) is 12.5 Å². The number of fused-ring (bicyclic) bond motifs is 1. The quantitative estimate of drug-likeness (QED) is 0.750. The number of carbonyl (C=O) groups is 1. The van der Waals surface area contributed by atoms with Crippen LogP contribution < -0.4 is 19.3 Å². The maximum atomic E-state index is 12.8. The molecule has 0 bridgehead atoms. The lowest BCUT2D eigenvalue weighted by atomic mass is 10.1. The van der Waals surface area contributed by atoms with Gasteiger partial charge in [0.15, 0.2) is 18.1 Å². The van der Waals surface area contributed by atoms with Crippen LogP contribution in [0.2, 0.25) is 0 Å². The molecule has 0 spiro atoms. The SMILES string of the molecule is COc1ccccc1OCC(=O)N1CCN(CCN(C)C)c2ccccc21. The van der Waals surface area contributed by atoms with Gasteiger partial charge in [-0.15, -0.1) is 0 Å². The molecule has 1 aliphatic heterocycles. The Labute approximate surface area is 160 Å². The zero-order valence-electron chi connectivity index (χ0n) is 16.2. The van der Waals surface area contributed by atoms with Gasteiger partial charge in [0.05, 0.1) is 18.5 Å². The number of methoxy groups -OCH3 is 1. The van der Waals surface area contributed by atoms with Gasteiger partial charge in [0.2, 0.25) is 0 Å². The van der Waals surface area contributed by atoms with Gasteiger partial charge >= 0.3 is 0 Å². The van der Waals surface area contributed by atoms with Crippen LogP contribution >= 0.6 is 0 Å². The molecule has 0 fully saturated rings. The van der Waals surface area contributed by atoms with Crippen molar-refractivity contribution >= 4 is 17.3 Å². The molecule has 0 saturated heterocycles. The molecule has 6 nitrogen and oxygen atoms in total. The molecule has 0 N–H and O–H groups in total. The smallest absolute Gasteiger partial charge is 0.265 e. The largest absolute Gasteiger partial charge is 0.493 e. The Hall–Kier alpha value is -2.73. The third-order valence-electron chi connectivity index (χ3n) is 4.65. The summed E-state index contributed by atoms with van der Waals surface area (Å²) in [5, 5.41) is 0. The molecule has 2 aromatic carbocycles. The highest BCUT2D eigenvalue weighted by Crippen LogP contribution is 2.33. The van der Waals surface area contributed by atoms with E-state index in [1.165, 1.54) is 0 Å². The van der Waals surface area contributed by atoms with Crippen molar-refractivity contribution in [3.8, 4) is 11.5 Å². The molecule has 1 aliphatic rings. The summed E-state index contributed by atoms with van der Waals surface area (Å²) in [6.45, 7) is 3.35. The van der Waals surface area contributed by atoms with E-state index in [0.717, 1.165) is 31.0 Å². The molecule has 3 rings (SSSR count). The zero-order chi connectivity index (χ0) is 19.2. The number of para-hydroxylation sites is 4. The van der Waals surface area contributed by atoms with Gasteiger partial charge in [0.1, 0.15) is 0 Å². The summed E-state index contributed by atoms with van der Waals surface area (Å²) in [4.78, 5) is 19.2. The molecule has 27 heavy (non-hydrogen) atoms. The Morgan fingerprint density at radius 1 is 1.00 bits per heavy atom. The van der Waals surface area contributed by atoms with E-state index in [1.807, 2.05) is 41.3 Å². The first-order valence-electron chi connectivity index (χ1n) is 9.15. The Morgan fingerprint density at radius 3 is 2.37 bits per heavy atom. The number of likely N-dealkylation sites (N-methyl/N-ethyl adjacent to an activating group) is 1. The predicted octanol–water partition coefficient (Wildman–Crippen LogP) is 2.49. The van der Waals surface area contributed by atoms with E-state index in [2.05, 4.69) is 30.0 Å². The van der Waals surface area contributed by atoms with Crippen molar-refractivity contribution in [3.63, 3.8) is 0 Å². The second kappa shape index (κ2) is 8.77. The number of nitrogens with zero attached hydrogens (tertiary/aromatic N) is 3. The standard InChI is InChI=1S/C21H27N3O3/c1-22(2)12-13-23-14-15-24(18-9-5-4-8-17(18)23)21(25)16-27-20-11-7-6-10-19(20)26-3/h4-11H,12-16H2,1-3H3. The number of benzene rings is 2. The van der Waals surface area contributed by atoms with Gasteiger partial charge in [-0.2, -0.15) is 0 Å². The summed E-state index contributed by atoms with van der Waals surface area (Å²) in [5.74, 6) is 1.14. The molecule has 6 heteroatoms. The second-order valence-corrected chi connectivity index (χ2v) is 6.76. The highest BCUT2D eigenvalue weighted by molar-refractivity contribution is 5.98. The first-order chi connectivity index (χ1) is 13.1. The summed E-state index contributed by atoms with van der Waals surface area (Å²) in [5.41, 5.74) is 2.03. The molecule has 1 amide bonds. The maximum absolute atomic E-state index is 12.8. The van der Waals surface area contributed by atoms with E-state index in [1.54, 1.807) is 13.2 Å². The Morgan fingerprint density at radius 2 is 1.67 bits per heavy atom. The van der Waals surface area contributed by atoms with Crippen LogP contribution in [0.5, 0.6) is 11.5 Å². The van der Waals surface area contributed by atoms with E-state index >= 15 is 0 Å². The van der Waals surface area contributed by atoms with E-state index in [0.29, 0.717) is 18.0 Å². The highest BCUT2D eigenvalue weighted by Gasteiger charge is 2.26. The Kier molecular flexibility index (Phi) is 6.19. The van der Waals surface area contributed by atoms with Crippen molar-refractivity contribution in [2.75, 3.05) is 63.8 Å². The van der Waals surface area contributed by atoms with Crippen LogP contribution in [0, 0.1) is 0 Å². The van der Waals surface area contributed by atoms with Crippen molar-refractivity contribution in [2.24, 2.45) is 0 Å². The van der Waals surface area contributed by atoms with Crippen LogP contribution in [0.3, 0.4) is 0 Å². The van der Waals surface area contributed by atoms with Crippen molar-refractivity contribution in [1.29, 1.82) is 0 Å². The molecular formula is C21H27N3O3. The van der Waals surface area contributed by atoms with E-state index in [4.69, 9.17) is 9.47 Å². The first-order valence-corrected chi connectivity index (χ1v) is 9.15. The van der Waals surface area contributed by atoms with Crippen molar-refractivity contribution in [1.82, 2.24) is 4.90 Å². The van der Waals surface area contributed by atoms with Gasteiger partial charge in [0.25, 0.3) is 5.91 Å². The molecule has 0 radical (unpaired) electrons. The lowest BCUT2D eigenvalue weighted by molar-refractivity contribution is -0.120. The molecular weight excluding hydrogens is 342 g/mol. The van der Waals surface area contributed by atoms with Crippen LogP contribution in [0.15, 0.2) is 48.5 Å². The number of ether oxygens (including phenoxy) is 2. The van der Waals surface area contributed by atoms with E-state index < -0.39 is 0 Å². The average molecular weight is 369 g/mol. The molecule has 0 atom stereocenters. The Balaban J connectivity index is 1.70. The molecule has 0 unspecified atom stereocenters. The minimum absolute atomic E-state index is 0.0214. The van der Waals surface area contributed by atoms with Crippen molar-refractivity contribution in [2.45, 2.75) is 0 Å². The normalized spacial score (nSPS) is 13.5. The zero-order valence-corrected chi connectivity index (χ0v) is 16.2. The minimum Gasteiger partial charge on any atom is -0.493 e. The lowest BCUT2D eigenvalue weighted by Gasteiger charge is -2.38. The number of rotatable bonds is 7. The number of amides is 1. The van der Waals surface area contributed by atoms with Gasteiger partial charge in [-0.05, 0) is 38.4 Å². The lowest BCUT2D eigenvalue weighted by Crippen LogP contribution is -2.47. The van der Waals surface area contributed by atoms with Crippen LogP contribution in [-0.2, 0) is 4.79 Å². The molecule has 144 valence electrons. The number of carbonyl (C=O) groups excluding carboxylic acids is 1. The first kappa shape index (κ1) is 19.0. The summed E-state index contributed by atoms with van der Waals surface area (Å²) >= 11 is 0. The van der Waals surface area contributed by atoms with Gasteiger partial charge in [-0.1, -0.05) is 24.3 Å². The second-order valence-electron chi connectivity index (χ2n) is 6.76. The summed E-state index contributed by atoms with van der Waals surface area (Å²) in [6, 6.07) is 15.4. The Bertz CT molecular complexity index is 779. The van der Waals surface area contributed by atoms with Gasteiger partial charge in [-0.3, -0.25) is 4.79 Å². The summed E-state index contributed by atoms with van der Waals surface area (Å²) in [7, 11) is 5.73. The topological polar surface area (TPSA) is 45.3 Å². The van der Waals surface area contributed by atoms with Crippen LogP contribution in [0.25, 0.3) is 0 Å². The van der Waals surface area contributed by atoms with Crippen LogP contribution in [0.4, 0.5) is 11.4 Å². The number of anilines is 2. The van der Waals surface area contributed by atoms with Crippen molar-refractivity contribution < 1.29 is 14.3 Å². The number of hydrogen-bond donors (Lipinski definition) is 0. The van der Waals surface area contributed by atoms with Crippen LogP contribution in [-0.4, -0.2) is 64.8 Å². The predicted molar refractivity (Wildman–Crippen MR) is 108 cm³/mol. The van der Waals surface area contributed by atoms with Crippen LogP contribution in [0.1, 0.15) is 0 Å².